The van der Waals surface area contributed by atoms with E-state index >= 15 is 0 Å². The van der Waals surface area contributed by atoms with Crippen molar-refractivity contribution < 1.29 is 4.52 Å². The molecule has 0 aromatic carbocycles. The Morgan fingerprint density at radius 3 is 3.06 bits per heavy atom. The monoisotopic (exact) mass is 248 g/mol. The molecule has 0 bridgehead atoms. The van der Waals surface area contributed by atoms with Gasteiger partial charge in [-0.1, -0.05) is 17.4 Å². The van der Waals surface area contributed by atoms with Crippen LogP contribution in [0, 0.1) is 6.92 Å². The predicted octanol–water partition coefficient (Wildman–Crippen LogP) is 1.62. The molecule has 6 heteroatoms. The molecule has 2 aromatic rings. The third kappa shape index (κ3) is 2.79. The summed E-state index contributed by atoms with van der Waals surface area (Å²) in [4.78, 5) is 4.39. The van der Waals surface area contributed by atoms with Gasteiger partial charge >= 0.3 is 0 Å². The van der Waals surface area contributed by atoms with Gasteiger partial charge < -0.3 is 15.6 Å². The third-order valence-electron chi connectivity index (χ3n) is 2.18. The Labute approximate surface area is 104 Å². The van der Waals surface area contributed by atoms with Crippen LogP contribution in [0.1, 0.15) is 17.1 Å². The summed E-state index contributed by atoms with van der Waals surface area (Å²) >= 11 is 4.93. The van der Waals surface area contributed by atoms with Crippen molar-refractivity contribution in [2.75, 3.05) is 5.32 Å². The van der Waals surface area contributed by atoms with Crippen molar-refractivity contribution in [1.29, 1.82) is 0 Å². The van der Waals surface area contributed by atoms with E-state index < -0.39 is 0 Å². The van der Waals surface area contributed by atoms with Crippen molar-refractivity contribution in [3.63, 3.8) is 0 Å². The quantitative estimate of drug-likeness (QED) is 0.801. The topological polar surface area (TPSA) is 77.0 Å². The molecular formula is C11H12N4OS. The number of nitrogens with one attached hydrogen (secondary N) is 1. The summed E-state index contributed by atoms with van der Waals surface area (Å²) in [6.07, 6.45) is 1.65. The van der Waals surface area contributed by atoms with Gasteiger partial charge in [0.15, 0.2) is 0 Å². The fourth-order valence-corrected chi connectivity index (χ4v) is 1.59. The molecule has 0 amide bonds. The van der Waals surface area contributed by atoms with E-state index in [1.807, 2.05) is 25.1 Å². The van der Waals surface area contributed by atoms with Crippen LogP contribution < -0.4 is 11.1 Å². The van der Waals surface area contributed by atoms with Crippen LogP contribution >= 0.6 is 12.2 Å². The van der Waals surface area contributed by atoms with Crippen LogP contribution in [0.2, 0.25) is 0 Å². The highest BCUT2D eigenvalue weighted by atomic mass is 32.1. The number of pyridine rings is 1. The summed E-state index contributed by atoms with van der Waals surface area (Å²) in [6, 6.07) is 5.55. The molecule has 0 spiro atoms. The standard InChI is InChI=1S/C11H12N4OS/c1-7-5-8(15-16-7)6-14-9-3-2-4-13-10(9)11(12)17/h2-5,14H,6H2,1H3,(H2,12,17). The van der Waals surface area contributed by atoms with E-state index in [0.717, 1.165) is 17.1 Å². The lowest BCUT2D eigenvalue weighted by Gasteiger charge is -2.08. The second kappa shape index (κ2) is 4.92. The lowest BCUT2D eigenvalue weighted by Crippen LogP contribution is -2.15. The summed E-state index contributed by atoms with van der Waals surface area (Å²) < 4.78 is 4.97. The largest absolute Gasteiger partial charge is 0.388 e. The zero-order chi connectivity index (χ0) is 12.3. The van der Waals surface area contributed by atoms with Crippen molar-refractivity contribution in [2.45, 2.75) is 13.5 Å². The maximum Gasteiger partial charge on any atom is 0.133 e. The van der Waals surface area contributed by atoms with Crippen LogP contribution in [-0.4, -0.2) is 15.1 Å². The van der Waals surface area contributed by atoms with Crippen molar-refractivity contribution >= 4 is 22.9 Å². The molecule has 0 saturated carbocycles. The number of thiocarbonyl (C=S) groups is 1. The molecule has 0 atom stereocenters. The Balaban J connectivity index is 2.11. The smallest absolute Gasteiger partial charge is 0.133 e. The number of aryl methyl sites for hydroxylation is 1. The second-order valence-electron chi connectivity index (χ2n) is 3.55. The molecule has 0 aliphatic carbocycles. The van der Waals surface area contributed by atoms with E-state index in [1.54, 1.807) is 6.20 Å². The van der Waals surface area contributed by atoms with E-state index in [4.69, 9.17) is 22.5 Å². The van der Waals surface area contributed by atoms with Gasteiger partial charge in [0.2, 0.25) is 0 Å². The van der Waals surface area contributed by atoms with Crippen LogP contribution in [0.25, 0.3) is 0 Å². The van der Waals surface area contributed by atoms with Crippen molar-refractivity contribution in [1.82, 2.24) is 10.1 Å². The lowest BCUT2D eigenvalue weighted by molar-refractivity contribution is 0.391. The van der Waals surface area contributed by atoms with Gasteiger partial charge in [-0.05, 0) is 19.1 Å². The van der Waals surface area contributed by atoms with Gasteiger partial charge in [0.25, 0.3) is 0 Å². The van der Waals surface area contributed by atoms with E-state index in [1.165, 1.54) is 0 Å². The normalized spacial score (nSPS) is 10.2. The van der Waals surface area contributed by atoms with Crippen LogP contribution in [0.5, 0.6) is 0 Å². The molecule has 17 heavy (non-hydrogen) atoms. The molecular weight excluding hydrogens is 236 g/mol. The first-order valence-corrected chi connectivity index (χ1v) is 5.48. The van der Waals surface area contributed by atoms with Crippen LogP contribution in [0.15, 0.2) is 28.9 Å². The van der Waals surface area contributed by atoms with Crippen molar-refractivity contribution in [3.8, 4) is 0 Å². The summed E-state index contributed by atoms with van der Waals surface area (Å²) in [5.74, 6) is 0.780. The van der Waals surface area contributed by atoms with E-state index in [-0.39, 0.29) is 4.99 Å². The molecule has 3 N–H and O–H groups in total. The maximum atomic E-state index is 5.58. The molecule has 2 rings (SSSR count). The van der Waals surface area contributed by atoms with Gasteiger partial charge in [-0.2, -0.15) is 0 Å². The Morgan fingerprint density at radius 2 is 2.41 bits per heavy atom. The van der Waals surface area contributed by atoms with Crippen molar-refractivity contribution in [2.24, 2.45) is 5.73 Å². The second-order valence-corrected chi connectivity index (χ2v) is 3.99. The summed E-state index contributed by atoms with van der Waals surface area (Å²) in [7, 11) is 0. The Morgan fingerprint density at radius 1 is 1.59 bits per heavy atom. The van der Waals surface area contributed by atoms with E-state index in [2.05, 4.69) is 15.5 Å². The number of anilines is 1. The first-order valence-electron chi connectivity index (χ1n) is 5.07. The molecule has 0 radical (unpaired) electrons. The highest BCUT2D eigenvalue weighted by Gasteiger charge is 2.06. The number of hydrogen-bond donors (Lipinski definition) is 2. The fraction of sp³-hybridized carbons (Fsp3) is 0.182. The average Bonchev–Trinajstić information content (AvgIpc) is 2.73. The van der Waals surface area contributed by atoms with Gasteiger partial charge in [0.1, 0.15) is 22.1 Å². The number of nitrogens with two attached hydrogens (primary N) is 1. The van der Waals surface area contributed by atoms with Gasteiger partial charge in [-0.15, -0.1) is 0 Å². The highest BCUT2D eigenvalue weighted by molar-refractivity contribution is 7.80. The molecule has 0 fully saturated rings. The zero-order valence-electron chi connectivity index (χ0n) is 9.30. The number of aromatic nitrogens is 2. The highest BCUT2D eigenvalue weighted by Crippen LogP contribution is 2.13. The molecule has 0 aliphatic rings. The first-order chi connectivity index (χ1) is 8.16. The Kier molecular flexibility index (Phi) is 3.34. The number of rotatable bonds is 4. The van der Waals surface area contributed by atoms with Crippen LogP contribution in [0.3, 0.4) is 0 Å². The molecule has 2 heterocycles. The third-order valence-corrected chi connectivity index (χ3v) is 2.37. The average molecular weight is 248 g/mol. The Hall–Kier alpha value is -1.95. The lowest BCUT2D eigenvalue weighted by atomic mass is 10.3. The SMILES string of the molecule is Cc1cc(CNc2cccnc2C(N)=S)no1. The summed E-state index contributed by atoms with van der Waals surface area (Å²) in [6.45, 7) is 2.39. The Bertz CT molecular complexity index is 538. The number of hydrogen-bond acceptors (Lipinski definition) is 5. The zero-order valence-corrected chi connectivity index (χ0v) is 10.1. The van der Waals surface area contributed by atoms with Gasteiger partial charge in [0.05, 0.1) is 12.2 Å². The molecule has 0 unspecified atom stereocenters. The maximum absolute atomic E-state index is 5.58. The van der Waals surface area contributed by atoms with Gasteiger partial charge in [-0.3, -0.25) is 4.98 Å². The minimum Gasteiger partial charge on any atom is -0.388 e. The summed E-state index contributed by atoms with van der Waals surface area (Å²) in [5.41, 5.74) is 7.78. The first kappa shape index (κ1) is 11.5. The molecule has 2 aromatic heterocycles. The summed E-state index contributed by atoms with van der Waals surface area (Å²) in [5, 5.41) is 7.06. The minimum absolute atomic E-state index is 0.268. The van der Waals surface area contributed by atoms with Crippen LogP contribution in [0.4, 0.5) is 5.69 Å². The van der Waals surface area contributed by atoms with E-state index in [0.29, 0.717) is 12.2 Å². The fourth-order valence-electron chi connectivity index (χ4n) is 1.43. The van der Waals surface area contributed by atoms with Crippen LogP contribution in [-0.2, 0) is 6.54 Å². The van der Waals surface area contributed by atoms with Gasteiger partial charge in [0, 0.05) is 12.3 Å². The van der Waals surface area contributed by atoms with Crippen molar-refractivity contribution in [3.05, 3.63) is 41.5 Å². The molecule has 5 nitrogen and oxygen atoms in total. The van der Waals surface area contributed by atoms with E-state index in [9.17, 15) is 0 Å². The number of nitrogens with zero attached hydrogens (tertiary/aromatic N) is 2. The molecule has 88 valence electrons. The molecule has 0 aliphatic heterocycles. The molecule has 0 saturated heterocycles. The van der Waals surface area contributed by atoms with Gasteiger partial charge in [-0.25, -0.2) is 0 Å². The predicted molar refractivity (Wildman–Crippen MR) is 68.7 cm³/mol. The minimum atomic E-state index is 0.268.